The standard InChI is InChI=1S/C62H71ClN12O18S2/c1-8-62(84)44-22-48-53-42(28-75(48)58(82)43(44)29-93-59(62)83)52-46(10-9-41-32(2)45(63)23-47(74-53)51(41)52)73-50(77)30-92-31-69-54(78)33(3)71-56(80)35(5)72-55(79)34(4)70-49(76)11-13-89-15-17-91-18-16-90-14-12-64-57(81)38-20-36(39-24-65-60(66-25-39)94(6,85)86)19-37(21-38)40-26-67-61(68-27-40)95(7,87)88/h19-27,33-35,46,84H,8-18,28-31H2,1-7H3,(H,64,81)(H,69,78)(H,70,76)(H,71,80)(H,72,79)(H,73,77)/t33-,34-,35-,46-,62-/m0/s1. The lowest BCUT2D eigenvalue weighted by atomic mass is 9.81. The molecule has 0 unspecified atom stereocenters. The number of carbonyl (C=O) groups is 7. The summed E-state index contributed by atoms with van der Waals surface area (Å²) in [6.07, 6.45) is 8.07. The highest BCUT2D eigenvalue weighted by atomic mass is 35.5. The molecule has 506 valence electrons. The van der Waals surface area contributed by atoms with Gasteiger partial charge in [0.2, 0.25) is 59.5 Å². The summed E-state index contributed by atoms with van der Waals surface area (Å²) in [5, 5.41) is 27.8. The molecule has 0 spiro atoms. The molecular formula is C62H71ClN12O18S2. The number of ether oxygens (including phenoxy) is 5. The van der Waals surface area contributed by atoms with Gasteiger partial charge >= 0.3 is 5.97 Å². The van der Waals surface area contributed by atoms with Crippen molar-refractivity contribution in [2.45, 2.75) is 114 Å². The van der Waals surface area contributed by atoms with Crippen LogP contribution in [-0.4, -0.2) is 183 Å². The number of nitrogens with one attached hydrogen (secondary N) is 6. The van der Waals surface area contributed by atoms with Crippen molar-refractivity contribution >= 4 is 83.6 Å². The number of esters is 1. The van der Waals surface area contributed by atoms with E-state index in [9.17, 15) is 60.3 Å². The average molecular weight is 1370 g/mol. The number of halogens is 1. The number of hydrogen-bond acceptors (Lipinski definition) is 23. The van der Waals surface area contributed by atoms with Gasteiger partial charge in [-0.2, -0.15) is 0 Å². The summed E-state index contributed by atoms with van der Waals surface area (Å²) in [7, 11) is -7.35. The number of nitrogens with zero attached hydrogens (tertiary/aromatic N) is 6. The van der Waals surface area contributed by atoms with Crippen LogP contribution < -0.4 is 37.5 Å². The highest BCUT2D eigenvalue weighted by Crippen LogP contribution is 2.47. The van der Waals surface area contributed by atoms with Gasteiger partial charge in [0, 0.05) is 88.5 Å². The first-order valence-corrected chi connectivity index (χ1v) is 34.3. The lowest BCUT2D eigenvalue weighted by molar-refractivity contribution is -0.172. The third kappa shape index (κ3) is 16.3. The van der Waals surface area contributed by atoms with Crippen molar-refractivity contribution in [3.8, 4) is 33.6 Å². The van der Waals surface area contributed by atoms with E-state index in [0.29, 0.717) is 62.6 Å². The van der Waals surface area contributed by atoms with Crippen LogP contribution >= 0.6 is 11.6 Å². The highest BCUT2D eigenvalue weighted by Gasteiger charge is 2.46. The molecule has 0 saturated heterocycles. The zero-order valence-corrected chi connectivity index (χ0v) is 55.3. The maximum absolute atomic E-state index is 14.0. The molecule has 5 atom stereocenters. The van der Waals surface area contributed by atoms with Gasteiger partial charge in [-0.05, 0) is 105 Å². The Bertz CT molecular complexity index is 4220. The Morgan fingerprint density at radius 3 is 1.87 bits per heavy atom. The lowest BCUT2D eigenvalue weighted by Gasteiger charge is -2.31. The normalized spacial score (nSPS) is 16.5. The number of cyclic esters (lactones) is 1. The van der Waals surface area contributed by atoms with Gasteiger partial charge < -0.3 is 65.3 Å². The van der Waals surface area contributed by atoms with Gasteiger partial charge in [0.15, 0.2) is 5.60 Å². The van der Waals surface area contributed by atoms with Crippen LogP contribution in [0.5, 0.6) is 0 Å². The van der Waals surface area contributed by atoms with Gasteiger partial charge in [0.05, 0.1) is 74.7 Å². The summed E-state index contributed by atoms with van der Waals surface area (Å²) in [6, 6.07) is 4.33. The van der Waals surface area contributed by atoms with Crippen LogP contribution in [0.2, 0.25) is 5.02 Å². The number of benzene rings is 2. The molecular weight excluding hydrogens is 1300 g/mol. The number of aliphatic hydroxyl groups is 1. The number of rotatable bonds is 29. The average Bonchev–Trinajstić information content (AvgIpc) is 1.61. The fourth-order valence-electron chi connectivity index (χ4n) is 11.0. The minimum atomic E-state index is -3.68. The minimum absolute atomic E-state index is 0.00986. The van der Waals surface area contributed by atoms with Crippen LogP contribution in [0.3, 0.4) is 0 Å². The van der Waals surface area contributed by atoms with Crippen LogP contribution in [0.15, 0.2) is 70.2 Å². The molecule has 0 saturated carbocycles. The smallest absolute Gasteiger partial charge is 0.343 e. The van der Waals surface area contributed by atoms with Crippen LogP contribution in [-0.2, 0) is 97.3 Å². The van der Waals surface area contributed by atoms with Crippen molar-refractivity contribution in [3.63, 3.8) is 0 Å². The molecule has 95 heavy (non-hydrogen) atoms. The number of sulfone groups is 2. The number of fused-ring (bicyclic) bond motifs is 5. The molecule has 1 aliphatic carbocycles. The first kappa shape index (κ1) is 70.6. The van der Waals surface area contributed by atoms with Crippen LogP contribution in [0, 0.1) is 6.92 Å². The monoisotopic (exact) mass is 1370 g/mol. The Kier molecular flexibility index (Phi) is 22.2. The quantitative estimate of drug-likeness (QED) is 0.0150. The van der Waals surface area contributed by atoms with Crippen molar-refractivity contribution in [2.24, 2.45) is 0 Å². The predicted molar refractivity (Wildman–Crippen MR) is 339 cm³/mol. The first-order valence-electron chi connectivity index (χ1n) is 30.2. The zero-order chi connectivity index (χ0) is 68.7. The Morgan fingerprint density at radius 2 is 1.28 bits per heavy atom. The largest absolute Gasteiger partial charge is 0.458 e. The summed E-state index contributed by atoms with van der Waals surface area (Å²) in [6.45, 7) is 7.66. The van der Waals surface area contributed by atoms with E-state index in [-0.39, 0.29) is 99.2 Å². The molecule has 2 aromatic carbocycles. The fourth-order valence-corrected chi connectivity index (χ4v) is 12.2. The van der Waals surface area contributed by atoms with E-state index >= 15 is 0 Å². The van der Waals surface area contributed by atoms with Crippen molar-refractivity contribution in [2.75, 3.05) is 72.0 Å². The lowest BCUT2D eigenvalue weighted by Crippen LogP contribution is -2.54. The van der Waals surface area contributed by atoms with Crippen molar-refractivity contribution in [1.82, 2.24) is 61.4 Å². The van der Waals surface area contributed by atoms with E-state index in [2.05, 4.69) is 51.8 Å². The molecule has 2 aliphatic heterocycles. The number of hydrogen-bond donors (Lipinski definition) is 7. The summed E-state index contributed by atoms with van der Waals surface area (Å²) < 4.78 is 76.6. The van der Waals surface area contributed by atoms with Gasteiger partial charge in [-0.25, -0.2) is 46.6 Å². The molecule has 3 aliphatic rings. The molecule has 0 bridgehead atoms. The van der Waals surface area contributed by atoms with Gasteiger partial charge in [-0.1, -0.05) is 18.5 Å². The van der Waals surface area contributed by atoms with Crippen LogP contribution in [0.25, 0.3) is 44.5 Å². The third-order valence-electron chi connectivity index (χ3n) is 16.1. The van der Waals surface area contributed by atoms with Gasteiger partial charge in [-0.3, -0.25) is 33.6 Å². The van der Waals surface area contributed by atoms with Gasteiger partial charge in [0.25, 0.3) is 11.5 Å². The summed E-state index contributed by atoms with van der Waals surface area (Å²) in [4.78, 5) is 126. The number of carbonyl (C=O) groups excluding carboxylic acids is 7. The maximum Gasteiger partial charge on any atom is 0.343 e. The van der Waals surface area contributed by atoms with Crippen molar-refractivity contribution < 1.29 is 79.2 Å². The van der Waals surface area contributed by atoms with Crippen LogP contribution in [0.1, 0.15) is 96.7 Å². The SMILES string of the molecule is CC[C@@]1(O)C(=O)OCc2c1cc1n(c2=O)Cc2c-1nc1cc(Cl)c(C)c3c1c2[C@@H](NC(=O)COCNC(=O)[C@H](C)NC(=O)[C@H](C)NC(=O)[C@H](C)NC(=O)CCOCCOCCOCCNC(=O)c1cc(-c2cnc(S(C)(=O)=O)nc2)cc(-c2cnc(S(C)(=O)=O)nc2)c1)CC3. The van der Waals surface area contributed by atoms with E-state index in [4.69, 9.17) is 40.3 Å². The van der Waals surface area contributed by atoms with Crippen LogP contribution in [0.4, 0.5) is 0 Å². The molecule has 0 radical (unpaired) electrons. The molecule has 4 aromatic heterocycles. The Morgan fingerprint density at radius 1 is 0.716 bits per heavy atom. The number of aryl methyl sites for hydroxylation is 1. The van der Waals surface area contributed by atoms with E-state index in [1.54, 1.807) is 37.3 Å². The summed E-state index contributed by atoms with van der Waals surface area (Å²) in [5.74, 6) is -4.34. The molecule has 6 amide bonds. The van der Waals surface area contributed by atoms with Crippen molar-refractivity contribution in [3.05, 3.63) is 109 Å². The fraction of sp³-hybridized carbons (Fsp3) is 0.435. The number of aromatic nitrogens is 6. The zero-order valence-electron chi connectivity index (χ0n) is 52.9. The van der Waals surface area contributed by atoms with E-state index < -0.39 is 110 Å². The number of amides is 6. The second-order valence-corrected chi connectivity index (χ2v) is 27.2. The highest BCUT2D eigenvalue weighted by molar-refractivity contribution is 7.90. The molecule has 6 aromatic rings. The van der Waals surface area contributed by atoms with E-state index in [0.717, 1.165) is 34.6 Å². The Hall–Kier alpha value is -8.76. The molecule has 33 heteroatoms. The van der Waals surface area contributed by atoms with Gasteiger partial charge in [0.1, 0.15) is 38.1 Å². The van der Waals surface area contributed by atoms with E-state index in [1.165, 1.54) is 50.1 Å². The molecule has 30 nitrogen and oxygen atoms in total. The summed E-state index contributed by atoms with van der Waals surface area (Å²) in [5.41, 5.74) is 4.45. The number of pyridine rings is 2. The first-order chi connectivity index (χ1) is 45.1. The summed E-state index contributed by atoms with van der Waals surface area (Å²) >= 11 is 6.71. The molecule has 6 heterocycles. The second kappa shape index (κ2) is 29.9. The minimum Gasteiger partial charge on any atom is -0.458 e. The third-order valence-corrected chi connectivity index (χ3v) is 18.2. The van der Waals surface area contributed by atoms with E-state index in [1.807, 2.05) is 6.92 Å². The van der Waals surface area contributed by atoms with Crippen molar-refractivity contribution in [1.29, 1.82) is 0 Å². The molecule has 9 rings (SSSR count). The maximum atomic E-state index is 14.0. The Balaban J connectivity index is 0.636. The Labute approximate surface area is 550 Å². The molecule has 0 fully saturated rings. The van der Waals surface area contributed by atoms with Gasteiger partial charge in [-0.15, -0.1) is 0 Å². The second-order valence-electron chi connectivity index (χ2n) is 22.9. The molecule has 7 N–H and O–H groups in total. The topological polar surface area (TPSA) is 413 Å². The predicted octanol–water partition coefficient (Wildman–Crippen LogP) is 1.34.